The highest BCUT2D eigenvalue weighted by Gasteiger charge is 2.15. The number of ether oxygens (including phenoxy) is 1. The summed E-state index contributed by atoms with van der Waals surface area (Å²) < 4.78 is 37.5. The quantitative estimate of drug-likeness (QED) is 0.514. The van der Waals surface area contributed by atoms with Crippen LogP contribution in [0.2, 0.25) is 0 Å². The van der Waals surface area contributed by atoms with E-state index in [4.69, 9.17) is 15.6 Å². The average molecular weight is 424 g/mol. The van der Waals surface area contributed by atoms with E-state index in [1.807, 2.05) is 12.1 Å². The minimum atomic E-state index is -3.78. The zero-order chi connectivity index (χ0) is 21.4. The molecule has 30 heavy (non-hydrogen) atoms. The van der Waals surface area contributed by atoms with E-state index in [9.17, 15) is 13.2 Å². The summed E-state index contributed by atoms with van der Waals surface area (Å²) >= 11 is 0. The van der Waals surface area contributed by atoms with E-state index < -0.39 is 15.9 Å². The van der Waals surface area contributed by atoms with Gasteiger partial charge in [-0.05, 0) is 48.0 Å². The zero-order valence-electron chi connectivity index (χ0n) is 16.0. The molecule has 0 aliphatic rings. The number of furan rings is 1. The first kappa shape index (κ1) is 21.3. The fourth-order valence-electron chi connectivity index (χ4n) is 2.63. The predicted octanol–water partition coefficient (Wildman–Crippen LogP) is 3.16. The normalized spacial score (nSPS) is 11.0. The maximum absolute atomic E-state index is 12.6. The third-order valence-corrected chi connectivity index (χ3v) is 5.45. The molecule has 0 saturated heterocycles. The molecule has 3 rings (SSSR count). The van der Waals surface area contributed by atoms with Gasteiger partial charge in [0.15, 0.2) is 0 Å². The van der Waals surface area contributed by atoms with Crippen molar-refractivity contribution in [2.45, 2.75) is 18.1 Å². The molecule has 0 radical (unpaired) electrons. The minimum Gasteiger partial charge on any atom is -0.467 e. The van der Waals surface area contributed by atoms with Gasteiger partial charge in [0.1, 0.15) is 12.4 Å². The molecule has 0 spiro atoms. The summed E-state index contributed by atoms with van der Waals surface area (Å²) in [6, 6.07) is 16.5. The van der Waals surface area contributed by atoms with Crippen molar-refractivity contribution in [2.75, 3.05) is 11.9 Å². The van der Waals surface area contributed by atoms with Crippen LogP contribution >= 0.6 is 0 Å². The van der Waals surface area contributed by atoms with Crippen LogP contribution in [0.15, 0.2) is 76.2 Å². The van der Waals surface area contributed by atoms with E-state index >= 15 is 0 Å². The zero-order valence-corrected chi connectivity index (χ0v) is 16.8. The number of rotatable bonds is 9. The van der Waals surface area contributed by atoms with Crippen molar-refractivity contribution in [3.05, 3.63) is 83.8 Å². The van der Waals surface area contributed by atoms with Crippen LogP contribution in [0.3, 0.4) is 0 Å². The molecule has 1 aromatic heterocycles. The SMILES string of the molecule is C#CCNS(=O)(=O)c1cccc(C(=O)Nc2cccc(COCc3ccco3)c2)c1. The highest BCUT2D eigenvalue weighted by atomic mass is 32.2. The standard InChI is InChI=1S/C22H20N2O5S/c1-2-11-23-30(26,27)21-10-4-7-18(14-21)22(25)24-19-8-3-6-17(13-19)15-28-16-20-9-5-12-29-20/h1,3-10,12-14,23H,11,15-16H2,(H,24,25). The van der Waals surface area contributed by atoms with Crippen LogP contribution in [0.5, 0.6) is 0 Å². The second-order valence-corrected chi connectivity index (χ2v) is 8.05. The molecule has 3 aromatic rings. The first-order valence-electron chi connectivity index (χ1n) is 9.01. The van der Waals surface area contributed by atoms with Crippen LogP contribution in [-0.4, -0.2) is 20.9 Å². The van der Waals surface area contributed by atoms with Gasteiger partial charge in [0, 0.05) is 11.3 Å². The maximum atomic E-state index is 12.6. The Kier molecular flexibility index (Phi) is 7.03. The number of carbonyl (C=O) groups is 1. The van der Waals surface area contributed by atoms with Crippen molar-refractivity contribution < 1.29 is 22.4 Å². The monoisotopic (exact) mass is 424 g/mol. The second-order valence-electron chi connectivity index (χ2n) is 6.28. The number of amides is 1. The summed E-state index contributed by atoms with van der Waals surface area (Å²) in [4.78, 5) is 12.5. The van der Waals surface area contributed by atoms with E-state index in [0.29, 0.717) is 18.9 Å². The molecular weight excluding hydrogens is 404 g/mol. The Morgan fingerprint density at radius 3 is 2.67 bits per heavy atom. The number of anilines is 1. The van der Waals surface area contributed by atoms with Gasteiger partial charge in [0.2, 0.25) is 10.0 Å². The molecule has 0 aliphatic heterocycles. The summed E-state index contributed by atoms with van der Waals surface area (Å²) in [5, 5.41) is 2.76. The minimum absolute atomic E-state index is 0.0366. The fraction of sp³-hybridized carbons (Fsp3) is 0.136. The van der Waals surface area contributed by atoms with Gasteiger partial charge in [-0.3, -0.25) is 4.79 Å². The van der Waals surface area contributed by atoms with Gasteiger partial charge >= 0.3 is 0 Å². The van der Waals surface area contributed by atoms with Crippen LogP contribution in [0.25, 0.3) is 0 Å². The fourth-order valence-corrected chi connectivity index (χ4v) is 3.61. The lowest BCUT2D eigenvalue weighted by Gasteiger charge is -2.09. The van der Waals surface area contributed by atoms with Gasteiger partial charge in [0.25, 0.3) is 5.91 Å². The molecule has 0 saturated carbocycles. The Hall–Kier alpha value is -3.38. The van der Waals surface area contributed by atoms with Crippen LogP contribution in [0.4, 0.5) is 5.69 Å². The molecule has 2 N–H and O–H groups in total. The molecule has 0 bridgehead atoms. The molecular formula is C22H20N2O5S. The van der Waals surface area contributed by atoms with Crippen molar-refractivity contribution in [3.8, 4) is 12.3 Å². The average Bonchev–Trinajstić information content (AvgIpc) is 3.26. The lowest BCUT2D eigenvalue weighted by atomic mass is 10.2. The van der Waals surface area contributed by atoms with Crippen molar-refractivity contribution in [1.82, 2.24) is 4.72 Å². The van der Waals surface area contributed by atoms with E-state index in [-0.39, 0.29) is 17.0 Å². The molecule has 0 atom stereocenters. The summed E-state index contributed by atoms with van der Waals surface area (Å²) in [6.45, 7) is 0.561. The number of benzene rings is 2. The molecule has 2 aromatic carbocycles. The van der Waals surface area contributed by atoms with E-state index in [2.05, 4.69) is 16.0 Å². The summed E-state index contributed by atoms with van der Waals surface area (Å²) in [7, 11) is -3.78. The van der Waals surface area contributed by atoms with Gasteiger partial charge in [-0.25, -0.2) is 8.42 Å². The highest BCUT2D eigenvalue weighted by Crippen LogP contribution is 2.16. The van der Waals surface area contributed by atoms with Gasteiger partial charge in [0.05, 0.1) is 24.3 Å². The van der Waals surface area contributed by atoms with Crippen LogP contribution < -0.4 is 10.0 Å². The lowest BCUT2D eigenvalue weighted by Crippen LogP contribution is -2.24. The Morgan fingerprint density at radius 2 is 1.90 bits per heavy atom. The van der Waals surface area contributed by atoms with Gasteiger partial charge in [-0.1, -0.05) is 24.1 Å². The largest absolute Gasteiger partial charge is 0.467 e. The molecule has 154 valence electrons. The van der Waals surface area contributed by atoms with Gasteiger partial charge in [-0.2, -0.15) is 4.72 Å². The van der Waals surface area contributed by atoms with E-state index in [0.717, 1.165) is 11.3 Å². The lowest BCUT2D eigenvalue weighted by molar-refractivity contribution is 0.0929. The molecule has 0 unspecified atom stereocenters. The first-order valence-corrected chi connectivity index (χ1v) is 10.5. The van der Waals surface area contributed by atoms with Gasteiger partial charge in [-0.15, -0.1) is 6.42 Å². The Bertz CT molecular complexity index is 1150. The second kappa shape index (κ2) is 9.89. The third kappa shape index (κ3) is 5.81. The molecule has 0 fully saturated rings. The van der Waals surface area contributed by atoms with Crippen molar-refractivity contribution >= 4 is 21.6 Å². The Balaban J connectivity index is 1.64. The van der Waals surface area contributed by atoms with E-state index in [1.165, 1.54) is 24.3 Å². The molecule has 7 nitrogen and oxygen atoms in total. The first-order chi connectivity index (χ1) is 14.5. The third-order valence-electron chi connectivity index (χ3n) is 4.05. The number of carbonyl (C=O) groups excluding carboxylic acids is 1. The summed E-state index contributed by atoms with van der Waals surface area (Å²) in [5.74, 6) is 2.50. The molecule has 0 aliphatic carbocycles. The number of hydrogen-bond donors (Lipinski definition) is 2. The smallest absolute Gasteiger partial charge is 0.255 e. The molecule has 8 heteroatoms. The Morgan fingerprint density at radius 1 is 1.07 bits per heavy atom. The molecule has 1 heterocycles. The van der Waals surface area contributed by atoms with E-state index in [1.54, 1.807) is 30.5 Å². The van der Waals surface area contributed by atoms with Crippen LogP contribution in [-0.2, 0) is 28.0 Å². The number of terminal acetylenes is 1. The predicted molar refractivity (Wildman–Crippen MR) is 112 cm³/mol. The van der Waals surface area contributed by atoms with Crippen molar-refractivity contribution in [1.29, 1.82) is 0 Å². The number of sulfonamides is 1. The topological polar surface area (TPSA) is 97.6 Å². The Labute approximate surface area is 175 Å². The van der Waals surface area contributed by atoms with Crippen molar-refractivity contribution in [3.63, 3.8) is 0 Å². The molecule has 1 amide bonds. The van der Waals surface area contributed by atoms with Crippen LogP contribution in [0.1, 0.15) is 21.7 Å². The maximum Gasteiger partial charge on any atom is 0.255 e. The number of nitrogens with one attached hydrogen (secondary N) is 2. The summed E-state index contributed by atoms with van der Waals surface area (Å²) in [6.07, 6.45) is 6.67. The highest BCUT2D eigenvalue weighted by molar-refractivity contribution is 7.89. The summed E-state index contributed by atoms with van der Waals surface area (Å²) in [5.41, 5.74) is 1.64. The number of hydrogen-bond acceptors (Lipinski definition) is 5. The van der Waals surface area contributed by atoms with Crippen LogP contribution in [0, 0.1) is 12.3 Å². The van der Waals surface area contributed by atoms with Crippen molar-refractivity contribution in [2.24, 2.45) is 0 Å². The van der Waals surface area contributed by atoms with Gasteiger partial charge < -0.3 is 14.5 Å².